The van der Waals surface area contributed by atoms with E-state index in [0.717, 1.165) is 34.3 Å². The molecule has 3 nitrogen and oxygen atoms in total. The number of anilines is 1. The summed E-state index contributed by atoms with van der Waals surface area (Å²) in [6.45, 7) is 0. The van der Waals surface area contributed by atoms with Gasteiger partial charge < -0.3 is 10.1 Å². The number of halogens is 1. The molecule has 0 radical (unpaired) electrons. The average Bonchev–Trinajstić information content (AvgIpc) is 2.15. The highest BCUT2D eigenvalue weighted by molar-refractivity contribution is 14.1. The smallest absolute Gasteiger partial charge is 0.268 e. The summed E-state index contributed by atoms with van der Waals surface area (Å²) in [5.74, 6) is 0.823. The normalized spacial score (nSPS) is 21.3. The van der Waals surface area contributed by atoms with E-state index >= 15 is 0 Å². The Morgan fingerprint density at radius 3 is 2.87 bits per heavy atom. The van der Waals surface area contributed by atoms with E-state index in [1.54, 1.807) is 0 Å². The Labute approximate surface area is 101 Å². The molecule has 1 aliphatic heterocycles. The molecule has 2 aliphatic rings. The van der Waals surface area contributed by atoms with Gasteiger partial charge in [-0.05, 0) is 60.1 Å². The van der Waals surface area contributed by atoms with E-state index in [0.29, 0.717) is 0 Å². The van der Waals surface area contributed by atoms with Crippen LogP contribution in [0.2, 0.25) is 0 Å². The molecule has 0 bridgehead atoms. The maximum atomic E-state index is 11.8. The molecule has 15 heavy (non-hydrogen) atoms. The Kier molecular flexibility index (Phi) is 1.95. The first kappa shape index (κ1) is 9.45. The number of nitrogens with one attached hydrogen (secondary N) is 1. The van der Waals surface area contributed by atoms with Gasteiger partial charge in [0.15, 0.2) is 5.60 Å². The molecule has 1 aliphatic carbocycles. The van der Waals surface area contributed by atoms with Gasteiger partial charge >= 0.3 is 0 Å². The van der Waals surface area contributed by atoms with Gasteiger partial charge in [-0.15, -0.1) is 0 Å². The summed E-state index contributed by atoms with van der Waals surface area (Å²) in [7, 11) is 0. The summed E-state index contributed by atoms with van der Waals surface area (Å²) >= 11 is 2.24. The average molecular weight is 315 g/mol. The van der Waals surface area contributed by atoms with E-state index < -0.39 is 5.60 Å². The van der Waals surface area contributed by atoms with Gasteiger partial charge in [0.2, 0.25) is 0 Å². The molecule has 1 amide bonds. The largest absolute Gasteiger partial charge is 0.475 e. The summed E-state index contributed by atoms with van der Waals surface area (Å²) in [6.07, 6.45) is 2.75. The van der Waals surface area contributed by atoms with Crippen LogP contribution >= 0.6 is 22.6 Å². The summed E-state index contributed by atoms with van der Waals surface area (Å²) in [5, 5.41) is 2.91. The minimum Gasteiger partial charge on any atom is -0.475 e. The van der Waals surface area contributed by atoms with Crippen molar-refractivity contribution in [3.8, 4) is 5.75 Å². The third-order valence-corrected chi connectivity index (χ3v) is 3.74. The Hall–Kier alpha value is -0.780. The van der Waals surface area contributed by atoms with Crippen molar-refractivity contribution in [1.82, 2.24) is 0 Å². The highest BCUT2D eigenvalue weighted by Gasteiger charge is 2.49. The molecule has 1 aromatic rings. The maximum absolute atomic E-state index is 11.8. The number of hydrogen-bond acceptors (Lipinski definition) is 2. The zero-order valence-electron chi connectivity index (χ0n) is 8.05. The molecule has 78 valence electrons. The van der Waals surface area contributed by atoms with Crippen molar-refractivity contribution in [2.75, 3.05) is 5.32 Å². The molecular weight excluding hydrogens is 305 g/mol. The Balaban J connectivity index is 2.03. The topological polar surface area (TPSA) is 38.3 Å². The SMILES string of the molecule is O=C1Nc2ccc(I)cc2OC12CCC2. The van der Waals surface area contributed by atoms with Crippen LogP contribution in [-0.4, -0.2) is 11.5 Å². The molecule has 1 saturated carbocycles. The van der Waals surface area contributed by atoms with Gasteiger partial charge in [-0.2, -0.15) is 0 Å². The maximum Gasteiger partial charge on any atom is 0.268 e. The molecule has 4 heteroatoms. The second kappa shape index (κ2) is 3.10. The highest BCUT2D eigenvalue weighted by atomic mass is 127. The first-order chi connectivity index (χ1) is 7.20. The van der Waals surface area contributed by atoms with Gasteiger partial charge in [0, 0.05) is 3.57 Å². The number of ether oxygens (including phenoxy) is 1. The highest BCUT2D eigenvalue weighted by Crippen LogP contribution is 2.43. The van der Waals surface area contributed by atoms with Crippen LogP contribution in [0, 0.1) is 3.57 Å². The quantitative estimate of drug-likeness (QED) is 0.747. The number of hydrogen-bond donors (Lipinski definition) is 1. The minimum atomic E-state index is -0.558. The van der Waals surface area contributed by atoms with Gasteiger partial charge in [-0.1, -0.05) is 0 Å². The predicted octanol–water partition coefficient (Wildman–Crippen LogP) is 2.54. The van der Waals surface area contributed by atoms with Crippen LogP contribution in [-0.2, 0) is 4.79 Å². The Morgan fingerprint density at radius 2 is 2.20 bits per heavy atom. The lowest BCUT2D eigenvalue weighted by Gasteiger charge is -2.43. The third-order valence-electron chi connectivity index (χ3n) is 3.07. The van der Waals surface area contributed by atoms with Gasteiger partial charge in [-0.3, -0.25) is 4.79 Å². The molecule has 1 spiro atoms. The van der Waals surface area contributed by atoms with Crippen LogP contribution in [0.4, 0.5) is 5.69 Å². The van der Waals surface area contributed by atoms with Gasteiger partial charge in [0.1, 0.15) is 5.75 Å². The van der Waals surface area contributed by atoms with Crippen molar-refractivity contribution < 1.29 is 9.53 Å². The molecule has 0 aromatic heterocycles. The fraction of sp³-hybridized carbons (Fsp3) is 0.364. The van der Waals surface area contributed by atoms with Crippen LogP contribution in [0.25, 0.3) is 0 Å². The first-order valence-corrected chi connectivity index (χ1v) is 6.08. The predicted molar refractivity (Wildman–Crippen MR) is 65.0 cm³/mol. The van der Waals surface area contributed by atoms with Crippen LogP contribution in [0.3, 0.4) is 0 Å². The molecule has 3 rings (SSSR count). The number of benzene rings is 1. The van der Waals surface area contributed by atoms with Crippen LogP contribution < -0.4 is 10.1 Å². The lowest BCUT2D eigenvalue weighted by Crippen LogP contribution is -2.55. The minimum absolute atomic E-state index is 0.0162. The van der Waals surface area contributed by atoms with Crippen LogP contribution in [0.1, 0.15) is 19.3 Å². The number of carbonyl (C=O) groups is 1. The molecule has 0 saturated heterocycles. The standard InChI is InChI=1S/C11H10INO2/c12-7-2-3-8-9(6-7)15-11(4-1-5-11)10(14)13-8/h2-3,6H,1,4-5H2,(H,13,14). The number of carbonyl (C=O) groups excluding carboxylic acids is 1. The summed E-state index contributed by atoms with van der Waals surface area (Å²) in [5.41, 5.74) is 0.232. The lowest BCUT2D eigenvalue weighted by molar-refractivity contribution is -0.139. The Bertz CT molecular complexity index is 440. The third kappa shape index (κ3) is 1.34. The second-order valence-corrected chi connectivity index (χ2v) is 5.29. The number of amides is 1. The van der Waals surface area contributed by atoms with Crippen molar-refractivity contribution in [2.24, 2.45) is 0 Å². The van der Waals surface area contributed by atoms with E-state index in [4.69, 9.17) is 4.74 Å². The molecule has 1 heterocycles. The fourth-order valence-corrected chi connectivity index (χ4v) is 2.47. The number of rotatable bonds is 0. The van der Waals surface area contributed by atoms with Crippen molar-refractivity contribution in [1.29, 1.82) is 0 Å². The zero-order chi connectivity index (χ0) is 10.5. The first-order valence-electron chi connectivity index (χ1n) is 5.00. The van der Waals surface area contributed by atoms with Crippen molar-refractivity contribution in [3.63, 3.8) is 0 Å². The van der Waals surface area contributed by atoms with Gasteiger partial charge in [0.05, 0.1) is 5.69 Å². The second-order valence-electron chi connectivity index (χ2n) is 4.04. The van der Waals surface area contributed by atoms with Crippen LogP contribution in [0.15, 0.2) is 18.2 Å². The van der Waals surface area contributed by atoms with Crippen molar-refractivity contribution >= 4 is 34.2 Å². The van der Waals surface area contributed by atoms with Crippen molar-refractivity contribution in [3.05, 3.63) is 21.8 Å². The van der Waals surface area contributed by atoms with E-state index in [1.165, 1.54) is 0 Å². The van der Waals surface area contributed by atoms with E-state index in [-0.39, 0.29) is 5.91 Å². The van der Waals surface area contributed by atoms with E-state index in [9.17, 15) is 4.79 Å². The molecule has 0 atom stereocenters. The molecule has 1 fully saturated rings. The Morgan fingerprint density at radius 1 is 1.40 bits per heavy atom. The molecule has 1 aromatic carbocycles. The molecule has 1 N–H and O–H groups in total. The lowest BCUT2D eigenvalue weighted by atomic mass is 9.78. The monoisotopic (exact) mass is 315 g/mol. The summed E-state index contributed by atoms with van der Waals surface area (Å²) in [4.78, 5) is 11.8. The number of fused-ring (bicyclic) bond motifs is 1. The zero-order valence-corrected chi connectivity index (χ0v) is 10.2. The van der Waals surface area contributed by atoms with E-state index in [1.807, 2.05) is 18.2 Å². The summed E-state index contributed by atoms with van der Waals surface area (Å²) < 4.78 is 6.95. The fourth-order valence-electron chi connectivity index (χ4n) is 2.00. The summed E-state index contributed by atoms with van der Waals surface area (Å²) in [6, 6.07) is 5.82. The van der Waals surface area contributed by atoms with Gasteiger partial charge in [-0.25, -0.2) is 0 Å². The van der Waals surface area contributed by atoms with Gasteiger partial charge in [0.25, 0.3) is 5.91 Å². The molecular formula is C11H10INO2. The molecule has 0 unspecified atom stereocenters. The van der Waals surface area contributed by atoms with E-state index in [2.05, 4.69) is 27.9 Å². The van der Waals surface area contributed by atoms with Crippen molar-refractivity contribution in [2.45, 2.75) is 24.9 Å². The van der Waals surface area contributed by atoms with Crippen LogP contribution in [0.5, 0.6) is 5.75 Å².